The first-order chi connectivity index (χ1) is 7.74. The van der Waals surface area contributed by atoms with Gasteiger partial charge in [0.05, 0.1) is 24.2 Å². The number of aromatic amines is 2. The molecule has 2 aromatic rings. The van der Waals surface area contributed by atoms with Crippen molar-refractivity contribution in [3.8, 4) is 0 Å². The summed E-state index contributed by atoms with van der Waals surface area (Å²) < 4.78 is 0. The van der Waals surface area contributed by atoms with Gasteiger partial charge in [-0.2, -0.15) is 0 Å². The topological polar surface area (TPSA) is 101 Å². The van der Waals surface area contributed by atoms with Crippen molar-refractivity contribution in [1.29, 1.82) is 0 Å². The fourth-order valence-corrected chi connectivity index (χ4v) is 1.78. The van der Waals surface area contributed by atoms with Gasteiger partial charge in [-0.05, 0) is 0 Å². The SMILES string of the molecule is Nc1cc2[nH]c(N(CCO)CCO)cc2[nH]1. The number of fused-ring (bicyclic) bond motifs is 1. The Kier molecular flexibility index (Phi) is 3.02. The fourth-order valence-electron chi connectivity index (χ4n) is 1.78. The van der Waals surface area contributed by atoms with Crippen molar-refractivity contribution in [2.45, 2.75) is 0 Å². The third-order valence-electron chi connectivity index (χ3n) is 2.49. The molecular formula is C10H16N4O2. The number of nitrogens with zero attached hydrogens (tertiary/aromatic N) is 1. The molecule has 0 aliphatic carbocycles. The molecule has 88 valence electrons. The molecule has 0 saturated heterocycles. The van der Waals surface area contributed by atoms with Gasteiger partial charge in [-0.3, -0.25) is 0 Å². The Labute approximate surface area is 92.7 Å². The number of nitrogens with two attached hydrogens (primary N) is 1. The zero-order valence-electron chi connectivity index (χ0n) is 8.90. The molecule has 0 aliphatic heterocycles. The van der Waals surface area contributed by atoms with Gasteiger partial charge in [0.25, 0.3) is 0 Å². The van der Waals surface area contributed by atoms with E-state index in [4.69, 9.17) is 15.9 Å². The number of H-pyrrole nitrogens is 2. The Morgan fingerprint density at radius 2 is 1.69 bits per heavy atom. The molecule has 0 fully saturated rings. The molecule has 0 spiro atoms. The average molecular weight is 224 g/mol. The van der Waals surface area contributed by atoms with Crippen molar-refractivity contribution in [2.24, 2.45) is 0 Å². The second-order valence-corrected chi connectivity index (χ2v) is 3.64. The molecule has 0 atom stereocenters. The molecule has 2 heterocycles. The number of hydrogen-bond donors (Lipinski definition) is 5. The predicted molar refractivity (Wildman–Crippen MR) is 63.4 cm³/mol. The first-order valence-electron chi connectivity index (χ1n) is 5.18. The maximum atomic E-state index is 8.93. The molecule has 0 amide bonds. The summed E-state index contributed by atoms with van der Waals surface area (Å²) in [5.74, 6) is 1.48. The van der Waals surface area contributed by atoms with Crippen LogP contribution in [0.3, 0.4) is 0 Å². The lowest BCUT2D eigenvalue weighted by molar-refractivity contribution is 0.281. The molecule has 6 heteroatoms. The number of aromatic nitrogens is 2. The Balaban J connectivity index is 2.25. The zero-order chi connectivity index (χ0) is 11.5. The van der Waals surface area contributed by atoms with Crippen LogP contribution in [0.15, 0.2) is 12.1 Å². The van der Waals surface area contributed by atoms with Gasteiger partial charge in [0.2, 0.25) is 0 Å². The van der Waals surface area contributed by atoms with Gasteiger partial charge in [0.15, 0.2) is 0 Å². The monoisotopic (exact) mass is 224 g/mol. The molecule has 0 unspecified atom stereocenters. The summed E-state index contributed by atoms with van der Waals surface area (Å²) in [5, 5.41) is 17.9. The molecule has 16 heavy (non-hydrogen) atoms. The molecular weight excluding hydrogens is 208 g/mol. The maximum absolute atomic E-state index is 8.93. The smallest absolute Gasteiger partial charge is 0.108 e. The van der Waals surface area contributed by atoms with Crippen molar-refractivity contribution in [3.63, 3.8) is 0 Å². The summed E-state index contributed by atoms with van der Waals surface area (Å²) in [7, 11) is 0. The second kappa shape index (κ2) is 4.46. The van der Waals surface area contributed by atoms with Crippen LogP contribution in [0.1, 0.15) is 0 Å². The van der Waals surface area contributed by atoms with E-state index in [-0.39, 0.29) is 13.2 Å². The average Bonchev–Trinajstić information content (AvgIpc) is 2.74. The number of nitrogens with one attached hydrogen (secondary N) is 2. The van der Waals surface area contributed by atoms with E-state index >= 15 is 0 Å². The van der Waals surface area contributed by atoms with Crippen LogP contribution in [0.4, 0.5) is 11.6 Å². The van der Waals surface area contributed by atoms with E-state index in [2.05, 4.69) is 9.97 Å². The van der Waals surface area contributed by atoms with Crippen molar-refractivity contribution < 1.29 is 10.2 Å². The van der Waals surface area contributed by atoms with Crippen LogP contribution in [0, 0.1) is 0 Å². The molecule has 0 saturated carbocycles. The summed E-state index contributed by atoms with van der Waals surface area (Å²) in [6, 6.07) is 3.73. The van der Waals surface area contributed by atoms with E-state index in [1.165, 1.54) is 0 Å². The molecule has 2 rings (SSSR count). The lowest BCUT2D eigenvalue weighted by Gasteiger charge is -2.20. The predicted octanol–water partition coefficient (Wildman–Crippen LogP) is -0.131. The van der Waals surface area contributed by atoms with E-state index in [0.29, 0.717) is 18.9 Å². The van der Waals surface area contributed by atoms with Gasteiger partial charge < -0.3 is 30.8 Å². The lowest BCUT2D eigenvalue weighted by Crippen LogP contribution is -2.29. The first-order valence-corrected chi connectivity index (χ1v) is 5.18. The molecule has 0 radical (unpaired) electrons. The van der Waals surface area contributed by atoms with Crippen LogP contribution in [0.25, 0.3) is 11.0 Å². The lowest BCUT2D eigenvalue weighted by atomic mass is 10.4. The Bertz CT molecular complexity index is 425. The van der Waals surface area contributed by atoms with Crippen molar-refractivity contribution in [2.75, 3.05) is 36.9 Å². The van der Waals surface area contributed by atoms with E-state index in [0.717, 1.165) is 16.9 Å². The third kappa shape index (κ3) is 1.98. The number of hydrogen-bond acceptors (Lipinski definition) is 4. The Morgan fingerprint density at radius 1 is 1.06 bits per heavy atom. The third-order valence-corrected chi connectivity index (χ3v) is 2.49. The van der Waals surface area contributed by atoms with E-state index < -0.39 is 0 Å². The normalized spacial score (nSPS) is 11.1. The molecule has 6 N–H and O–H groups in total. The molecule has 2 aromatic heterocycles. The standard InChI is InChI=1S/C10H16N4O2/c11-9-5-7-8(12-9)6-10(13-7)14(1-3-15)2-4-16/h5-6,12-13,15-16H,1-4,11H2. The van der Waals surface area contributed by atoms with Crippen LogP contribution in [0.5, 0.6) is 0 Å². The van der Waals surface area contributed by atoms with Crippen molar-refractivity contribution >= 4 is 22.7 Å². The minimum atomic E-state index is 0.0507. The van der Waals surface area contributed by atoms with Gasteiger partial charge in [-0.1, -0.05) is 0 Å². The second-order valence-electron chi connectivity index (χ2n) is 3.64. The summed E-state index contributed by atoms with van der Waals surface area (Å²) in [5.41, 5.74) is 7.46. The number of nitrogen functional groups attached to an aromatic ring is 1. The minimum absolute atomic E-state index is 0.0507. The van der Waals surface area contributed by atoms with E-state index in [1.807, 2.05) is 17.0 Å². The number of aliphatic hydroxyl groups is 2. The van der Waals surface area contributed by atoms with Crippen LogP contribution < -0.4 is 10.6 Å². The maximum Gasteiger partial charge on any atom is 0.108 e. The van der Waals surface area contributed by atoms with Crippen LogP contribution in [0.2, 0.25) is 0 Å². The number of anilines is 2. The highest BCUT2D eigenvalue weighted by Gasteiger charge is 2.09. The fraction of sp³-hybridized carbons (Fsp3) is 0.400. The highest BCUT2D eigenvalue weighted by molar-refractivity contribution is 5.84. The van der Waals surface area contributed by atoms with Crippen LogP contribution in [-0.4, -0.2) is 46.5 Å². The summed E-state index contributed by atoms with van der Waals surface area (Å²) in [4.78, 5) is 8.07. The quantitative estimate of drug-likeness (QED) is 0.488. The summed E-state index contributed by atoms with van der Waals surface area (Å²) in [6.45, 7) is 1.07. The molecule has 6 nitrogen and oxygen atoms in total. The van der Waals surface area contributed by atoms with Crippen LogP contribution >= 0.6 is 0 Å². The number of aliphatic hydroxyl groups excluding tert-OH is 2. The minimum Gasteiger partial charge on any atom is -0.395 e. The van der Waals surface area contributed by atoms with Gasteiger partial charge >= 0.3 is 0 Å². The molecule has 0 bridgehead atoms. The van der Waals surface area contributed by atoms with Gasteiger partial charge in [0, 0.05) is 25.2 Å². The van der Waals surface area contributed by atoms with Gasteiger partial charge in [0.1, 0.15) is 11.6 Å². The Hall–Kier alpha value is -1.66. The molecule has 0 aliphatic rings. The van der Waals surface area contributed by atoms with Gasteiger partial charge in [-0.15, -0.1) is 0 Å². The summed E-state index contributed by atoms with van der Waals surface area (Å²) in [6.07, 6.45) is 0. The van der Waals surface area contributed by atoms with E-state index in [1.54, 1.807) is 0 Å². The van der Waals surface area contributed by atoms with Crippen molar-refractivity contribution in [1.82, 2.24) is 9.97 Å². The Morgan fingerprint density at radius 3 is 2.25 bits per heavy atom. The van der Waals surface area contributed by atoms with E-state index in [9.17, 15) is 0 Å². The van der Waals surface area contributed by atoms with Crippen LogP contribution in [-0.2, 0) is 0 Å². The number of rotatable bonds is 5. The first kappa shape index (κ1) is 10.8. The highest BCUT2D eigenvalue weighted by Crippen LogP contribution is 2.22. The molecule has 0 aromatic carbocycles. The van der Waals surface area contributed by atoms with Crippen molar-refractivity contribution in [3.05, 3.63) is 12.1 Å². The largest absolute Gasteiger partial charge is 0.395 e. The summed E-state index contributed by atoms with van der Waals surface area (Å²) >= 11 is 0. The highest BCUT2D eigenvalue weighted by atomic mass is 16.3. The van der Waals surface area contributed by atoms with Gasteiger partial charge in [-0.25, -0.2) is 0 Å². The zero-order valence-corrected chi connectivity index (χ0v) is 8.90.